The molecule has 118 valence electrons. The van der Waals surface area contributed by atoms with Gasteiger partial charge in [-0.05, 0) is 17.7 Å². The Hall–Kier alpha value is -2.04. The van der Waals surface area contributed by atoms with Crippen LogP contribution in [0.3, 0.4) is 0 Å². The summed E-state index contributed by atoms with van der Waals surface area (Å²) in [4.78, 5) is 0. The van der Waals surface area contributed by atoms with Gasteiger partial charge >= 0.3 is 0 Å². The highest BCUT2D eigenvalue weighted by molar-refractivity contribution is 5.53. The fourth-order valence-electron chi connectivity index (χ4n) is 2.93. The normalized spacial score (nSPS) is 13.1. The predicted molar refractivity (Wildman–Crippen MR) is 85.1 cm³/mol. The van der Waals surface area contributed by atoms with Crippen molar-refractivity contribution in [2.24, 2.45) is 0 Å². The van der Waals surface area contributed by atoms with Gasteiger partial charge in [-0.2, -0.15) is 0 Å². The molecule has 4 nitrogen and oxygen atoms in total. The maximum Gasteiger partial charge on any atom is 0.119 e. The molecule has 1 atom stereocenters. The lowest BCUT2D eigenvalue weighted by Crippen LogP contribution is -2.24. The van der Waals surface area contributed by atoms with Crippen LogP contribution in [-0.4, -0.2) is 33.1 Å². The van der Waals surface area contributed by atoms with E-state index < -0.39 is 11.5 Å². The third-order valence-corrected chi connectivity index (χ3v) is 4.00. The van der Waals surface area contributed by atoms with E-state index in [1.54, 1.807) is 24.3 Å². The molecule has 0 aliphatic carbocycles. The fourth-order valence-corrected chi connectivity index (χ4v) is 2.93. The largest absolute Gasteiger partial charge is 0.508 e. The molecule has 0 spiro atoms. The van der Waals surface area contributed by atoms with Gasteiger partial charge in [0.25, 0.3) is 0 Å². The molecule has 0 heterocycles. The lowest BCUT2D eigenvalue weighted by atomic mass is 9.74. The second-order valence-corrected chi connectivity index (χ2v) is 5.99. The van der Waals surface area contributed by atoms with E-state index in [0.717, 1.165) is 5.56 Å². The molecule has 0 aromatic heterocycles. The van der Waals surface area contributed by atoms with Crippen LogP contribution in [0, 0.1) is 0 Å². The zero-order valence-corrected chi connectivity index (χ0v) is 12.8. The highest BCUT2D eigenvalue weighted by Gasteiger charge is 2.31. The van der Waals surface area contributed by atoms with Gasteiger partial charge in [0, 0.05) is 23.0 Å². The summed E-state index contributed by atoms with van der Waals surface area (Å²) in [5.41, 5.74) is 1.43. The highest BCUT2D eigenvalue weighted by Crippen LogP contribution is 2.42. The van der Waals surface area contributed by atoms with Crippen LogP contribution in [0.25, 0.3) is 0 Å². The molecule has 0 saturated heterocycles. The van der Waals surface area contributed by atoms with E-state index in [2.05, 4.69) is 0 Å². The summed E-state index contributed by atoms with van der Waals surface area (Å²) in [5, 5.41) is 39.3. The van der Waals surface area contributed by atoms with Crippen molar-refractivity contribution in [2.45, 2.75) is 31.8 Å². The second kappa shape index (κ2) is 6.38. The predicted octanol–water partition coefficient (Wildman–Crippen LogP) is 2.32. The van der Waals surface area contributed by atoms with Crippen molar-refractivity contribution in [3.8, 4) is 11.5 Å². The van der Waals surface area contributed by atoms with Gasteiger partial charge in [0.2, 0.25) is 0 Å². The monoisotopic (exact) mass is 302 g/mol. The van der Waals surface area contributed by atoms with Gasteiger partial charge in [0.05, 0.1) is 12.7 Å². The Morgan fingerprint density at radius 2 is 1.59 bits per heavy atom. The Morgan fingerprint density at radius 1 is 0.955 bits per heavy atom. The Labute approximate surface area is 130 Å². The van der Waals surface area contributed by atoms with Crippen LogP contribution < -0.4 is 0 Å². The summed E-state index contributed by atoms with van der Waals surface area (Å²) in [6.45, 7) is 3.48. The van der Waals surface area contributed by atoms with Crippen molar-refractivity contribution in [1.82, 2.24) is 0 Å². The summed E-state index contributed by atoms with van der Waals surface area (Å²) in [6, 6.07) is 12.1. The molecule has 2 rings (SSSR count). The van der Waals surface area contributed by atoms with E-state index in [9.17, 15) is 15.3 Å². The lowest BCUT2D eigenvalue weighted by Gasteiger charge is -2.30. The summed E-state index contributed by atoms with van der Waals surface area (Å²) >= 11 is 0. The van der Waals surface area contributed by atoms with Crippen LogP contribution in [0.4, 0.5) is 0 Å². The molecule has 4 heteroatoms. The van der Waals surface area contributed by atoms with Crippen molar-refractivity contribution in [2.75, 3.05) is 6.61 Å². The van der Waals surface area contributed by atoms with Gasteiger partial charge in [-0.25, -0.2) is 0 Å². The Balaban J connectivity index is 2.57. The minimum absolute atomic E-state index is 0.107. The minimum atomic E-state index is -0.888. The molecule has 0 radical (unpaired) electrons. The molecule has 0 bridgehead atoms. The molecule has 0 saturated carbocycles. The molecule has 0 fully saturated rings. The SMILES string of the molecule is CC(C)(c1ccccc1O)c1c(O)cccc1CC(O)CO. The summed E-state index contributed by atoms with van der Waals surface area (Å²) < 4.78 is 0. The van der Waals surface area contributed by atoms with Crippen LogP contribution in [0.15, 0.2) is 42.5 Å². The maximum atomic E-state index is 10.3. The zero-order valence-electron chi connectivity index (χ0n) is 12.8. The molecule has 0 amide bonds. The first-order valence-electron chi connectivity index (χ1n) is 7.26. The number of phenols is 2. The van der Waals surface area contributed by atoms with E-state index >= 15 is 0 Å². The summed E-state index contributed by atoms with van der Waals surface area (Å²) in [6.07, 6.45) is -0.655. The number of phenolic OH excluding ortho intramolecular Hbond substituents is 2. The smallest absolute Gasteiger partial charge is 0.119 e. The molecular weight excluding hydrogens is 280 g/mol. The number of hydrogen-bond acceptors (Lipinski definition) is 4. The summed E-state index contributed by atoms with van der Waals surface area (Å²) in [5.74, 6) is 0.264. The van der Waals surface area contributed by atoms with Gasteiger partial charge in [-0.15, -0.1) is 0 Å². The van der Waals surface area contributed by atoms with Gasteiger partial charge < -0.3 is 20.4 Å². The number of aliphatic hydroxyl groups excluding tert-OH is 2. The number of aromatic hydroxyl groups is 2. The Morgan fingerprint density at radius 3 is 2.23 bits per heavy atom. The van der Waals surface area contributed by atoms with Gasteiger partial charge in [0.1, 0.15) is 11.5 Å². The first-order chi connectivity index (χ1) is 10.4. The van der Waals surface area contributed by atoms with Crippen molar-refractivity contribution in [3.05, 3.63) is 59.2 Å². The fraction of sp³-hybridized carbons (Fsp3) is 0.333. The number of hydrogen-bond donors (Lipinski definition) is 4. The second-order valence-electron chi connectivity index (χ2n) is 5.99. The molecule has 22 heavy (non-hydrogen) atoms. The third-order valence-electron chi connectivity index (χ3n) is 4.00. The number of para-hydroxylation sites is 1. The zero-order chi connectivity index (χ0) is 16.3. The molecule has 0 aliphatic rings. The van der Waals surface area contributed by atoms with E-state index in [0.29, 0.717) is 11.1 Å². The molecule has 1 unspecified atom stereocenters. The van der Waals surface area contributed by atoms with E-state index in [4.69, 9.17) is 5.11 Å². The number of aliphatic hydroxyl groups is 2. The first kappa shape index (κ1) is 16.3. The van der Waals surface area contributed by atoms with E-state index in [1.165, 1.54) is 0 Å². The van der Waals surface area contributed by atoms with Crippen LogP contribution in [0.5, 0.6) is 11.5 Å². The molecular formula is C18H22O4. The van der Waals surface area contributed by atoms with Crippen molar-refractivity contribution >= 4 is 0 Å². The average molecular weight is 302 g/mol. The van der Waals surface area contributed by atoms with Crippen LogP contribution in [0.1, 0.15) is 30.5 Å². The Kier molecular flexibility index (Phi) is 4.74. The topological polar surface area (TPSA) is 80.9 Å². The van der Waals surface area contributed by atoms with Gasteiger partial charge in [-0.3, -0.25) is 0 Å². The van der Waals surface area contributed by atoms with Crippen molar-refractivity contribution in [1.29, 1.82) is 0 Å². The van der Waals surface area contributed by atoms with Crippen molar-refractivity contribution in [3.63, 3.8) is 0 Å². The molecule has 2 aromatic carbocycles. The van der Waals surface area contributed by atoms with Gasteiger partial charge in [-0.1, -0.05) is 44.2 Å². The summed E-state index contributed by atoms with van der Waals surface area (Å²) in [7, 11) is 0. The van der Waals surface area contributed by atoms with Crippen LogP contribution in [-0.2, 0) is 11.8 Å². The third kappa shape index (κ3) is 3.08. The molecule has 2 aromatic rings. The quantitative estimate of drug-likeness (QED) is 0.683. The molecule has 0 aliphatic heterocycles. The Bertz CT molecular complexity index is 649. The average Bonchev–Trinajstić information content (AvgIpc) is 2.47. The van der Waals surface area contributed by atoms with Crippen molar-refractivity contribution < 1.29 is 20.4 Å². The minimum Gasteiger partial charge on any atom is -0.508 e. The first-order valence-corrected chi connectivity index (χ1v) is 7.26. The number of rotatable bonds is 5. The van der Waals surface area contributed by atoms with Crippen LogP contribution >= 0.6 is 0 Å². The van der Waals surface area contributed by atoms with Gasteiger partial charge in [0.15, 0.2) is 0 Å². The lowest BCUT2D eigenvalue weighted by molar-refractivity contribution is 0.0951. The number of benzene rings is 2. The highest BCUT2D eigenvalue weighted by atomic mass is 16.3. The van der Waals surface area contributed by atoms with Crippen LogP contribution in [0.2, 0.25) is 0 Å². The van der Waals surface area contributed by atoms with E-state index in [-0.39, 0.29) is 24.5 Å². The standard InChI is InChI=1S/C18H22O4/c1-18(2,14-7-3-4-8-15(14)21)17-12(10-13(20)11-19)6-5-9-16(17)22/h3-9,13,19-22H,10-11H2,1-2H3. The van der Waals surface area contributed by atoms with E-state index in [1.807, 2.05) is 32.0 Å². The molecule has 4 N–H and O–H groups in total. The maximum absolute atomic E-state index is 10.3.